The number of hydrogen-bond acceptors (Lipinski definition) is 1. The molecule has 0 aliphatic heterocycles. The highest BCUT2D eigenvalue weighted by Crippen LogP contribution is 2.19. The second-order valence-electron chi connectivity index (χ2n) is 3.56. The predicted octanol–water partition coefficient (Wildman–Crippen LogP) is 2.90. The summed E-state index contributed by atoms with van der Waals surface area (Å²) in [4.78, 5) is 11.8. The second-order valence-corrected chi connectivity index (χ2v) is 4.41. The number of rotatable bonds is 2. The van der Waals surface area contributed by atoms with E-state index in [-0.39, 0.29) is 11.9 Å². The molecule has 0 bridgehead atoms. The van der Waals surface area contributed by atoms with Gasteiger partial charge in [-0.3, -0.25) is 4.79 Å². The van der Waals surface area contributed by atoms with Gasteiger partial charge in [0.1, 0.15) is 0 Å². The van der Waals surface area contributed by atoms with Crippen molar-refractivity contribution in [2.24, 2.45) is 0 Å². The Kier molecular flexibility index (Phi) is 3.69. The van der Waals surface area contributed by atoms with Crippen LogP contribution in [0.5, 0.6) is 0 Å². The molecule has 0 atom stereocenters. The highest BCUT2D eigenvalue weighted by atomic mass is 79.9. The van der Waals surface area contributed by atoms with Crippen LogP contribution in [0.2, 0.25) is 0 Å². The molecule has 2 nitrogen and oxygen atoms in total. The Morgan fingerprint density at radius 2 is 2.07 bits per heavy atom. The van der Waals surface area contributed by atoms with E-state index in [1.54, 1.807) is 0 Å². The maximum Gasteiger partial charge on any atom is 0.252 e. The van der Waals surface area contributed by atoms with Crippen molar-refractivity contribution in [3.63, 3.8) is 0 Å². The standard InChI is InChI=1S/C11H14BrNO/c1-7(2)13-11(14)10-8(3)5-4-6-9(10)12/h4-7H,1-3H3,(H,13,14). The zero-order chi connectivity index (χ0) is 10.7. The summed E-state index contributed by atoms with van der Waals surface area (Å²) < 4.78 is 0.843. The van der Waals surface area contributed by atoms with Crippen LogP contribution in [-0.2, 0) is 0 Å². The largest absolute Gasteiger partial charge is 0.350 e. The monoisotopic (exact) mass is 255 g/mol. The molecule has 0 heterocycles. The molecule has 3 heteroatoms. The zero-order valence-electron chi connectivity index (χ0n) is 8.60. The second kappa shape index (κ2) is 4.60. The first-order valence-electron chi connectivity index (χ1n) is 4.58. The van der Waals surface area contributed by atoms with Gasteiger partial charge in [-0.2, -0.15) is 0 Å². The molecule has 0 saturated carbocycles. The zero-order valence-corrected chi connectivity index (χ0v) is 10.2. The third kappa shape index (κ3) is 2.58. The molecule has 0 radical (unpaired) electrons. The molecule has 76 valence electrons. The topological polar surface area (TPSA) is 29.1 Å². The Hall–Kier alpha value is -0.830. The average molecular weight is 256 g/mol. The van der Waals surface area contributed by atoms with Gasteiger partial charge in [0, 0.05) is 10.5 Å². The number of amides is 1. The first-order valence-corrected chi connectivity index (χ1v) is 5.37. The van der Waals surface area contributed by atoms with Gasteiger partial charge in [0.05, 0.1) is 5.56 Å². The molecular formula is C11H14BrNO. The van der Waals surface area contributed by atoms with E-state index in [1.165, 1.54) is 0 Å². The fourth-order valence-electron chi connectivity index (χ4n) is 1.25. The van der Waals surface area contributed by atoms with E-state index >= 15 is 0 Å². The van der Waals surface area contributed by atoms with E-state index in [2.05, 4.69) is 21.2 Å². The minimum absolute atomic E-state index is 0.0232. The first kappa shape index (κ1) is 11.2. The summed E-state index contributed by atoms with van der Waals surface area (Å²) in [5.74, 6) is -0.0232. The molecule has 0 aliphatic carbocycles. The van der Waals surface area contributed by atoms with Gasteiger partial charge < -0.3 is 5.32 Å². The van der Waals surface area contributed by atoms with Gasteiger partial charge in [0.2, 0.25) is 0 Å². The van der Waals surface area contributed by atoms with Gasteiger partial charge in [-0.15, -0.1) is 0 Å². The van der Waals surface area contributed by atoms with Crippen LogP contribution in [0.25, 0.3) is 0 Å². The molecule has 1 aromatic carbocycles. The van der Waals surface area contributed by atoms with Crippen molar-refractivity contribution in [1.82, 2.24) is 5.32 Å². The van der Waals surface area contributed by atoms with E-state index in [9.17, 15) is 4.79 Å². The van der Waals surface area contributed by atoms with E-state index in [0.717, 1.165) is 15.6 Å². The fourth-order valence-corrected chi connectivity index (χ4v) is 1.90. The van der Waals surface area contributed by atoms with Crippen LogP contribution in [0.4, 0.5) is 0 Å². The van der Waals surface area contributed by atoms with E-state index < -0.39 is 0 Å². The number of hydrogen-bond donors (Lipinski definition) is 1. The highest BCUT2D eigenvalue weighted by Gasteiger charge is 2.12. The van der Waals surface area contributed by atoms with Crippen molar-refractivity contribution in [2.45, 2.75) is 26.8 Å². The van der Waals surface area contributed by atoms with Crippen LogP contribution in [-0.4, -0.2) is 11.9 Å². The third-order valence-electron chi connectivity index (χ3n) is 1.87. The Morgan fingerprint density at radius 3 is 2.57 bits per heavy atom. The van der Waals surface area contributed by atoms with Crippen molar-refractivity contribution in [3.05, 3.63) is 33.8 Å². The summed E-state index contributed by atoms with van der Waals surface area (Å²) in [6.07, 6.45) is 0. The quantitative estimate of drug-likeness (QED) is 0.866. The summed E-state index contributed by atoms with van der Waals surface area (Å²) in [6, 6.07) is 5.89. The van der Waals surface area contributed by atoms with Gasteiger partial charge in [-0.1, -0.05) is 12.1 Å². The normalized spacial score (nSPS) is 10.4. The number of aryl methyl sites for hydroxylation is 1. The summed E-state index contributed by atoms with van der Waals surface area (Å²) in [6.45, 7) is 5.83. The van der Waals surface area contributed by atoms with Gasteiger partial charge in [-0.25, -0.2) is 0 Å². The molecule has 1 N–H and O–H groups in total. The molecule has 0 saturated heterocycles. The Bertz CT molecular complexity index is 327. The summed E-state index contributed by atoms with van der Waals surface area (Å²) in [5, 5.41) is 2.87. The smallest absolute Gasteiger partial charge is 0.252 e. The maximum atomic E-state index is 11.8. The maximum absolute atomic E-state index is 11.8. The molecule has 1 rings (SSSR count). The third-order valence-corrected chi connectivity index (χ3v) is 2.53. The van der Waals surface area contributed by atoms with Crippen molar-refractivity contribution in [3.8, 4) is 0 Å². The Balaban J connectivity index is 3.00. The van der Waals surface area contributed by atoms with Crippen LogP contribution in [0.15, 0.2) is 22.7 Å². The highest BCUT2D eigenvalue weighted by molar-refractivity contribution is 9.10. The van der Waals surface area contributed by atoms with Crippen LogP contribution in [0.1, 0.15) is 29.8 Å². The lowest BCUT2D eigenvalue weighted by Crippen LogP contribution is -2.30. The number of carbonyl (C=O) groups is 1. The molecule has 0 spiro atoms. The van der Waals surface area contributed by atoms with E-state index in [1.807, 2.05) is 39.0 Å². The molecule has 14 heavy (non-hydrogen) atoms. The molecule has 0 fully saturated rings. The van der Waals surface area contributed by atoms with Gasteiger partial charge in [-0.05, 0) is 48.3 Å². The van der Waals surface area contributed by atoms with E-state index in [0.29, 0.717) is 0 Å². The summed E-state index contributed by atoms with van der Waals surface area (Å²) in [5.41, 5.74) is 1.71. The molecule has 0 unspecified atom stereocenters. The van der Waals surface area contributed by atoms with Crippen molar-refractivity contribution in [1.29, 1.82) is 0 Å². The fraction of sp³-hybridized carbons (Fsp3) is 0.364. The average Bonchev–Trinajstić information content (AvgIpc) is 2.01. The molecule has 1 amide bonds. The predicted molar refractivity (Wildman–Crippen MR) is 61.5 cm³/mol. The van der Waals surface area contributed by atoms with Crippen LogP contribution in [0, 0.1) is 6.92 Å². The molecule has 0 aliphatic rings. The lowest BCUT2D eigenvalue weighted by Gasteiger charge is -2.11. The van der Waals surface area contributed by atoms with Crippen LogP contribution >= 0.6 is 15.9 Å². The molecule has 1 aromatic rings. The van der Waals surface area contributed by atoms with E-state index in [4.69, 9.17) is 0 Å². The van der Waals surface area contributed by atoms with Gasteiger partial charge in [0.25, 0.3) is 5.91 Å². The van der Waals surface area contributed by atoms with Gasteiger partial charge in [0.15, 0.2) is 0 Å². The van der Waals surface area contributed by atoms with Crippen molar-refractivity contribution in [2.75, 3.05) is 0 Å². The lowest BCUT2D eigenvalue weighted by molar-refractivity contribution is 0.0941. The minimum atomic E-state index is -0.0232. The lowest BCUT2D eigenvalue weighted by atomic mass is 10.1. The first-order chi connectivity index (χ1) is 6.52. The Labute approximate surface area is 92.8 Å². The minimum Gasteiger partial charge on any atom is -0.350 e. The van der Waals surface area contributed by atoms with Crippen LogP contribution in [0.3, 0.4) is 0 Å². The number of nitrogens with one attached hydrogen (secondary N) is 1. The summed E-state index contributed by atoms with van der Waals surface area (Å²) in [7, 11) is 0. The number of benzene rings is 1. The SMILES string of the molecule is Cc1cccc(Br)c1C(=O)NC(C)C. The molecule has 0 aromatic heterocycles. The Morgan fingerprint density at radius 1 is 1.43 bits per heavy atom. The van der Waals surface area contributed by atoms with Crippen LogP contribution < -0.4 is 5.32 Å². The number of carbonyl (C=O) groups excluding carboxylic acids is 1. The van der Waals surface area contributed by atoms with Gasteiger partial charge >= 0.3 is 0 Å². The number of halogens is 1. The molecular weight excluding hydrogens is 242 g/mol. The van der Waals surface area contributed by atoms with Crippen molar-refractivity contribution >= 4 is 21.8 Å². The summed E-state index contributed by atoms with van der Waals surface area (Å²) >= 11 is 3.38. The van der Waals surface area contributed by atoms with Crippen molar-refractivity contribution < 1.29 is 4.79 Å².